The summed E-state index contributed by atoms with van der Waals surface area (Å²) >= 11 is 6.86. The predicted molar refractivity (Wildman–Crippen MR) is 69.6 cm³/mol. The lowest BCUT2D eigenvalue weighted by Gasteiger charge is -2.04. The van der Waals surface area contributed by atoms with Gasteiger partial charge in [0, 0.05) is 23.1 Å². The molecule has 0 unspecified atom stereocenters. The molecule has 4 nitrogen and oxygen atoms in total. The number of aromatic amines is 1. The molecule has 1 aliphatic rings. The van der Waals surface area contributed by atoms with E-state index in [1.54, 1.807) is 23.4 Å². The lowest BCUT2D eigenvalue weighted by molar-refractivity contribution is 0.0914. The van der Waals surface area contributed by atoms with Gasteiger partial charge in [-0.2, -0.15) is 0 Å². The highest BCUT2D eigenvalue weighted by Gasteiger charge is 2.20. The van der Waals surface area contributed by atoms with Crippen LogP contribution in [0.3, 0.4) is 0 Å². The van der Waals surface area contributed by atoms with Gasteiger partial charge in [-0.1, -0.05) is 0 Å². The molecule has 0 spiro atoms. The number of ether oxygens (including phenoxy) is 1. The van der Waals surface area contributed by atoms with Gasteiger partial charge in [-0.05, 0) is 18.3 Å². The number of thioether (sulfide) groups is 1. The second-order valence-corrected chi connectivity index (χ2v) is 5.30. The van der Waals surface area contributed by atoms with E-state index in [-0.39, 0.29) is 5.91 Å². The largest absolute Gasteiger partial charge is 0.497 e. The minimum absolute atomic E-state index is 0.0534. The SMILES string of the molecule is COc1cc2c3c(c1)[nH]c(=S)n3C(=O)CCS2. The quantitative estimate of drug-likeness (QED) is 0.806. The van der Waals surface area contributed by atoms with Gasteiger partial charge in [0.05, 0.1) is 18.1 Å². The summed E-state index contributed by atoms with van der Waals surface area (Å²) < 4.78 is 7.30. The average Bonchev–Trinajstić information content (AvgIpc) is 2.54. The highest BCUT2D eigenvalue weighted by atomic mass is 32.2. The van der Waals surface area contributed by atoms with E-state index in [2.05, 4.69) is 4.98 Å². The first-order valence-corrected chi connectivity index (χ1v) is 6.59. The summed E-state index contributed by atoms with van der Waals surface area (Å²) in [7, 11) is 1.63. The fourth-order valence-electron chi connectivity index (χ4n) is 2.01. The zero-order valence-corrected chi connectivity index (χ0v) is 10.8. The zero-order chi connectivity index (χ0) is 12.0. The van der Waals surface area contributed by atoms with Crippen molar-refractivity contribution in [2.24, 2.45) is 0 Å². The van der Waals surface area contributed by atoms with Crippen molar-refractivity contribution >= 4 is 40.9 Å². The number of methoxy groups -OCH3 is 1. The van der Waals surface area contributed by atoms with Crippen LogP contribution in [0.4, 0.5) is 0 Å². The number of hydrogen-bond acceptors (Lipinski definition) is 4. The summed E-state index contributed by atoms with van der Waals surface area (Å²) in [5.41, 5.74) is 1.73. The van der Waals surface area contributed by atoms with Crippen molar-refractivity contribution in [2.75, 3.05) is 12.9 Å². The van der Waals surface area contributed by atoms with Gasteiger partial charge in [0.15, 0.2) is 4.77 Å². The Hall–Kier alpha value is -1.27. The number of imidazole rings is 1. The standard InChI is InChI=1S/C11H10N2O2S2/c1-15-6-4-7-10-8(5-6)17-3-2-9(14)13(10)11(16)12-7/h4-5H,2-3H2,1H3,(H,12,16). The summed E-state index contributed by atoms with van der Waals surface area (Å²) in [5, 5.41) is 0. The molecule has 1 aromatic heterocycles. The second kappa shape index (κ2) is 3.89. The maximum atomic E-state index is 12.0. The first-order valence-electron chi connectivity index (χ1n) is 5.19. The van der Waals surface area contributed by atoms with E-state index in [9.17, 15) is 4.79 Å². The number of H-pyrrole nitrogens is 1. The van der Waals surface area contributed by atoms with Crippen LogP contribution in [0.25, 0.3) is 11.0 Å². The van der Waals surface area contributed by atoms with Crippen LogP contribution in [0.5, 0.6) is 5.75 Å². The van der Waals surface area contributed by atoms with Crippen LogP contribution < -0.4 is 4.74 Å². The number of nitrogens with one attached hydrogen (secondary N) is 1. The average molecular weight is 266 g/mol. The van der Waals surface area contributed by atoms with Crippen LogP contribution in [0, 0.1) is 4.77 Å². The second-order valence-electron chi connectivity index (χ2n) is 3.78. The van der Waals surface area contributed by atoms with Gasteiger partial charge in [-0.15, -0.1) is 11.8 Å². The van der Waals surface area contributed by atoms with Gasteiger partial charge in [-0.25, -0.2) is 0 Å². The van der Waals surface area contributed by atoms with E-state index in [1.807, 2.05) is 12.1 Å². The van der Waals surface area contributed by atoms with Crippen LogP contribution >= 0.6 is 24.0 Å². The van der Waals surface area contributed by atoms with Gasteiger partial charge in [-0.3, -0.25) is 9.36 Å². The highest BCUT2D eigenvalue weighted by molar-refractivity contribution is 7.99. The van der Waals surface area contributed by atoms with Crippen molar-refractivity contribution in [2.45, 2.75) is 11.3 Å². The maximum absolute atomic E-state index is 12.0. The minimum Gasteiger partial charge on any atom is -0.497 e. The lowest BCUT2D eigenvalue weighted by atomic mass is 10.3. The highest BCUT2D eigenvalue weighted by Crippen LogP contribution is 2.34. The number of hydrogen-bond donors (Lipinski definition) is 1. The molecule has 0 radical (unpaired) electrons. The van der Waals surface area contributed by atoms with Gasteiger partial charge in [0.2, 0.25) is 5.91 Å². The molecule has 88 valence electrons. The first-order chi connectivity index (χ1) is 8.20. The molecule has 1 aromatic carbocycles. The van der Waals surface area contributed by atoms with Gasteiger partial charge < -0.3 is 9.72 Å². The normalized spacial score (nSPS) is 15.0. The van der Waals surface area contributed by atoms with E-state index in [1.165, 1.54) is 0 Å². The number of benzene rings is 1. The molecule has 6 heteroatoms. The third-order valence-corrected chi connectivity index (χ3v) is 4.09. The molecule has 0 aliphatic carbocycles. The van der Waals surface area contributed by atoms with Crippen LogP contribution in [0.2, 0.25) is 0 Å². The van der Waals surface area contributed by atoms with Crippen molar-refractivity contribution in [3.63, 3.8) is 0 Å². The number of carbonyl (C=O) groups excluding carboxylic acids is 1. The first kappa shape index (κ1) is 10.9. The molecule has 2 heterocycles. The summed E-state index contributed by atoms with van der Waals surface area (Å²) in [6.07, 6.45) is 0.503. The topological polar surface area (TPSA) is 47.0 Å². The molecule has 0 fully saturated rings. The number of aromatic nitrogens is 2. The Morgan fingerprint density at radius 1 is 1.53 bits per heavy atom. The van der Waals surface area contributed by atoms with Crippen molar-refractivity contribution in [1.82, 2.24) is 9.55 Å². The molecule has 2 aromatic rings. The van der Waals surface area contributed by atoms with E-state index in [0.717, 1.165) is 27.4 Å². The molecule has 0 amide bonds. The van der Waals surface area contributed by atoms with E-state index in [4.69, 9.17) is 17.0 Å². The summed E-state index contributed by atoms with van der Waals surface area (Å²) in [5.74, 6) is 1.60. The van der Waals surface area contributed by atoms with Crippen molar-refractivity contribution in [3.05, 3.63) is 16.9 Å². The molecule has 0 saturated carbocycles. The van der Waals surface area contributed by atoms with Gasteiger partial charge in [0.25, 0.3) is 0 Å². The number of carbonyl (C=O) groups is 1. The smallest absolute Gasteiger partial charge is 0.234 e. The van der Waals surface area contributed by atoms with Crippen LogP contribution in [-0.2, 0) is 0 Å². The molecular formula is C11H10N2O2S2. The monoisotopic (exact) mass is 266 g/mol. The summed E-state index contributed by atoms with van der Waals surface area (Å²) in [6.45, 7) is 0. The third-order valence-electron chi connectivity index (χ3n) is 2.78. The molecule has 3 rings (SSSR count). The zero-order valence-electron chi connectivity index (χ0n) is 9.15. The van der Waals surface area contributed by atoms with E-state index < -0.39 is 0 Å². The van der Waals surface area contributed by atoms with Gasteiger partial charge >= 0.3 is 0 Å². The van der Waals surface area contributed by atoms with E-state index >= 15 is 0 Å². The fraction of sp³-hybridized carbons (Fsp3) is 0.273. The van der Waals surface area contributed by atoms with Crippen LogP contribution in [0.15, 0.2) is 17.0 Å². The Morgan fingerprint density at radius 3 is 3.12 bits per heavy atom. The molecule has 0 atom stereocenters. The summed E-state index contributed by atoms with van der Waals surface area (Å²) in [6, 6.07) is 3.81. The Labute approximate surface area is 107 Å². The van der Waals surface area contributed by atoms with Crippen LogP contribution in [-0.4, -0.2) is 28.3 Å². The molecule has 1 aliphatic heterocycles. The Bertz CT molecular complexity index is 672. The maximum Gasteiger partial charge on any atom is 0.234 e. The van der Waals surface area contributed by atoms with Crippen molar-refractivity contribution < 1.29 is 9.53 Å². The molecule has 0 saturated heterocycles. The number of rotatable bonds is 1. The molecular weight excluding hydrogens is 256 g/mol. The Kier molecular flexibility index (Phi) is 2.48. The Morgan fingerprint density at radius 2 is 2.35 bits per heavy atom. The van der Waals surface area contributed by atoms with Crippen molar-refractivity contribution in [1.29, 1.82) is 0 Å². The lowest BCUT2D eigenvalue weighted by Crippen LogP contribution is -2.09. The third kappa shape index (κ3) is 1.59. The minimum atomic E-state index is 0.0534. The summed E-state index contributed by atoms with van der Waals surface area (Å²) in [4.78, 5) is 16.1. The van der Waals surface area contributed by atoms with Crippen molar-refractivity contribution in [3.8, 4) is 5.75 Å². The Balaban J connectivity index is 2.44. The molecule has 1 N–H and O–H groups in total. The predicted octanol–water partition coefficient (Wildman–Crippen LogP) is 2.84. The number of nitrogens with zero attached hydrogens (tertiary/aromatic N) is 1. The van der Waals surface area contributed by atoms with Crippen LogP contribution in [0.1, 0.15) is 11.2 Å². The molecule has 17 heavy (non-hydrogen) atoms. The van der Waals surface area contributed by atoms with E-state index in [0.29, 0.717) is 11.2 Å². The van der Waals surface area contributed by atoms with Gasteiger partial charge in [0.1, 0.15) is 5.75 Å². The molecule has 0 bridgehead atoms. The fourth-order valence-corrected chi connectivity index (χ4v) is 3.34.